The van der Waals surface area contributed by atoms with Crippen molar-refractivity contribution in [3.05, 3.63) is 46.4 Å². The molecule has 0 bridgehead atoms. The van der Waals surface area contributed by atoms with Gasteiger partial charge in [-0.05, 0) is 24.3 Å². The van der Waals surface area contributed by atoms with E-state index in [2.05, 4.69) is 30.7 Å². The number of rotatable bonds is 8. The van der Waals surface area contributed by atoms with Crippen molar-refractivity contribution in [2.75, 3.05) is 17.7 Å². The zero-order chi connectivity index (χ0) is 22.4. The van der Waals surface area contributed by atoms with Gasteiger partial charge in [-0.25, -0.2) is 9.97 Å². The standard InChI is InChI=1S/C18H16F3N5O3S2/c1-22-14(27)6-11-8-31-17(25-11)26-15(28)7-12-9-30-16(24-12)23-10-2-4-13(5-3-10)29-18(19,20)21/h2-5,8-9H,6-7H2,1H3,(H,22,27)(H,23,24)(H,25,26,28). The van der Waals surface area contributed by atoms with Gasteiger partial charge in [-0.2, -0.15) is 0 Å². The summed E-state index contributed by atoms with van der Waals surface area (Å²) in [7, 11) is 1.53. The van der Waals surface area contributed by atoms with Crippen LogP contribution in [0, 0.1) is 0 Å². The third kappa shape index (κ3) is 7.22. The SMILES string of the molecule is CNC(=O)Cc1csc(NC(=O)Cc2csc(Nc3ccc(OC(F)(F)F)cc3)n2)n1. The number of nitrogens with zero attached hydrogens (tertiary/aromatic N) is 2. The van der Waals surface area contributed by atoms with Crippen LogP contribution >= 0.6 is 22.7 Å². The van der Waals surface area contributed by atoms with Crippen molar-refractivity contribution in [1.82, 2.24) is 15.3 Å². The number of alkyl halides is 3. The Balaban J connectivity index is 1.51. The van der Waals surface area contributed by atoms with E-state index in [1.807, 2.05) is 0 Å². The summed E-state index contributed by atoms with van der Waals surface area (Å²) in [4.78, 5) is 32.0. The Labute approximate surface area is 182 Å². The zero-order valence-electron chi connectivity index (χ0n) is 15.9. The molecule has 0 spiro atoms. The smallest absolute Gasteiger partial charge is 0.406 e. The summed E-state index contributed by atoms with van der Waals surface area (Å²) in [5.74, 6) is -0.810. The second-order valence-corrected chi connectivity index (χ2v) is 7.78. The lowest BCUT2D eigenvalue weighted by Gasteiger charge is -2.09. The van der Waals surface area contributed by atoms with Crippen LogP contribution < -0.4 is 20.7 Å². The Hall–Kier alpha value is -3.19. The van der Waals surface area contributed by atoms with Crippen molar-refractivity contribution in [1.29, 1.82) is 0 Å². The second kappa shape index (κ2) is 9.75. The number of anilines is 3. The van der Waals surface area contributed by atoms with E-state index in [0.29, 0.717) is 27.3 Å². The third-order valence-electron chi connectivity index (χ3n) is 3.65. The molecule has 2 amide bonds. The van der Waals surface area contributed by atoms with Gasteiger partial charge in [-0.15, -0.1) is 35.8 Å². The fourth-order valence-electron chi connectivity index (χ4n) is 2.34. The van der Waals surface area contributed by atoms with Gasteiger partial charge < -0.3 is 20.7 Å². The number of aromatic nitrogens is 2. The molecular weight excluding hydrogens is 455 g/mol. The highest BCUT2D eigenvalue weighted by Crippen LogP contribution is 2.26. The monoisotopic (exact) mass is 471 g/mol. The van der Waals surface area contributed by atoms with Crippen molar-refractivity contribution >= 4 is 50.4 Å². The highest BCUT2D eigenvalue weighted by molar-refractivity contribution is 7.14. The molecule has 0 saturated carbocycles. The van der Waals surface area contributed by atoms with Crippen LogP contribution in [-0.4, -0.2) is 35.2 Å². The van der Waals surface area contributed by atoms with E-state index in [1.54, 1.807) is 10.8 Å². The first-order chi connectivity index (χ1) is 14.7. The van der Waals surface area contributed by atoms with Gasteiger partial charge in [0.25, 0.3) is 0 Å². The first-order valence-electron chi connectivity index (χ1n) is 8.72. The fraction of sp³-hybridized carbons (Fsp3) is 0.222. The van der Waals surface area contributed by atoms with Crippen LogP contribution in [0.1, 0.15) is 11.4 Å². The topological polar surface area (TPSA) is 105 Å². The molecule has 13 heteroatoms. The largest absolute Gasteiger partial charge is 0.573 e. The van der Waals surface area contributed by atoms with Crippen LogP contribution in [0.2, 0.25) is 0 Å². The number of thiazole rings is 2. The van der Waals surface area contributed by atoms with E-state index in [9.17, 15) is 22.8 Å². The molecule has 0 aliphatic rings. The van der Waals surface area contributed by atoms with E-state index in [1.165, 1.54) is 54.0 Å². The molecule has 3 rings (SSSR count). The lowest BCUT2D eigenvalue weighted by Crippen LogP contribution is -2.20. The molecule has 2 heterocycles. The van der Waals surface area contributed by atoms with Gasteiger partial charge in [0.15, 0.2) is 10.3 Å². The maximum absolute atomic E-state index is 12.2. The summed E-state index contributed by atoms with van der Waals surface area (Å²) in [6.07, 6.45) is -4.60. The van der Waals surface area contributed by atoms with Gasteiger partial charge >= 0.3 is 6.36 Å². The molecule has 0 aliphatic heterocycles. The van der Waals surface area contributed by atoms with E-state index in [4.69, 9.17) is 0 Å². The van der Waals surface area contributed by atoms with Crippen molar-refractivity contribution in [2.45, 2.75) is 19.2 Å². The van der Waals surface area contributed by atoms with Crippen molar-refractivity contribution in [2.24, 2.45) is 0 Å². The highest BCUT2D eigenvalue weighted by Gasteiger charge is 2.30. The van der Waals surface area contributed by atoms with Gasteiger partial charge in [0, 0.05) is 23.5 Å². The number of hydrogen-bond donors (Lipinski definition) is 3. The van der Waals surface area contributed by atoms with Gasteiger partial charge in [-0.3, -0.25) is 9.59 Å². The lowest BCUT2D eigenvalue weighted by molar-refractivity contribution is -0.274. The molecule has 31 heavy (non-hydrogen) atoms. The Morgan fingerprint density at radius 2 is 1.55 bits per heavy atom. The average molecular weight is 471 g/mol. The summed E-state index contributed by atoms with van der Waals surface area (Å²) in [5.41, 5.74) is 1.60. The number of halogens is 3. The molecule has 3 aromatic rings. The molecule has 8 nitrogen and oxygen atoms in total. The van der Waals surface area contributed by atoms with Crippen LogP contribution in [0.15, 0.2) is 35.0 Å². The zero-order valence-corrected chi connectivity index (χ0v) is 17.6. The van der Waals surface area contributed by atoms with Gasteiger partial charge in [0.2, 0.25) is 11.8 Å². The molecule has 0 saturated heterocycles. The quantitative estimate of drug-likeness (QED) is 0.463. The predicted octanol–water partition coefficient (Wildman–Crippen LogP) is 3.71. The molecule has 1 aromatic carbocycles. The summed E-state index contributed by atoms with van der Waals surface area (Å²) >= 11 is 2.47. The second-order valence-electron chi connectivity index (χ2n) is 6.06. The molecule has 2 aromatic heterocycles. The highest BCUT2D eigenvalue weighted by atomic mass is 32.1. The van der Waals surface area contributed by atoms with Gasteiger partial charge in [-0.1, -0.05) is 0 Å². The molecule has 0 atom stereocenters. The summed E-state index contributed by atoms with van der Waals surface area (Å²) in [6.45, 7) is 0. The molecule has 164 valence electrons. The maximum Gasteiger partial charge on any atom is 0.573 e. The molecule has 0 aliphatic carbocycles. The number of likely N-dealkylation sites (N-methyl/N-ethyl adjacent to an activating group) is 1. The van der Waals surface area contributed by atoms with Crippen LogP contribution in [0.3, 0.4) is 0 Å². The van der Waals surface area contributed by atoms with E-state index < -0.39 is 6.36 Å². The number of ether oxygens (including phenoxy) is 1. The molecular formula is C18H16F3N5O3S2. The first kappa shape index (κ1) is 22.5. The lowest BCUT2D eigenvalue weighted by atomic mass is 10.3. The van der Waals surface area contributed by atoms with E-state index in [-0.39, 0.29) is 30.4 Å². The van der Waals surface area contributed by atoms with Crippen LogP contribution in [0.4, 0.5) is 29.1 Å². The minimum absolute atomic E-state index is 0.0148. The average Bonchev–Trinajstić information content (AvgIpc) is 3.31. The number of carbonyl (C=O) groups excluding carboxylic acids is 2. The first-order valence-corrected chi connectivity index (χ1v) is 10.5. The number of carbonyl (C=O) groups is 2. The molecule has 0 radical (unpaired) electrons. The summed E-state index contributed by atoms with van der Waals surface area (Å²) < 4.78 is 40.4. The third-order valence-corrected chi connectivity index (χ3v) is 5.26. The van der Waals surface area contributed by atoms with Crippen molar-refractivity contribution in [3.8, 4) is 5.75 Å². The van der Waals surface area contributed by atoms with Crippen LogP contribution in [0.25, 0.3) is 0 Å². The Morgan fingerprint density at radius 3 is 2.16 bits per heavy atom. The predicted molar refractivity (Wildman–Crippen MR) is 111 cm³/mol. The number of benzene rings is 1. The maximum atomic E-state index is 12.2. The van der Waals surface area contributed by atoms with E-state index >= 15 is 0 Å². The van der Waals surface area contributed by atoms with E-state index in [0.717, 1.165) is 0 Å². The van der Waals surface area contributed by atoms with Crippen LogP contribution in [-0.2, 0) is 22.4 Å². The Bertz CT molecular complexity index is 1050. The van der Waals surface area contributed by atoms with Gasteiger partial charge in [0.1, 0.15) is 5.75 Å². The summed E-state index contributed by atoms with van der Waals surface area (Å²) in [5, 5.41) is 12.4. The number of amides is 2. The normalized spacial score (nSPS) is 11.1. The number of hydrogen-bond acceptors (Lipinski definition) is 8. The fourth-order valence-corrected chi connectivity index (χ4v) is 3.79. The number of nitrogens with one attached hydrogen (secondary N) is 3. The van der Waals surface area contributed by atoms with Crippen molar-refractivity contribution in [3.63, 3.8) is 0 Å². The minimum Gasteiger partial charge on any atom is -0.406 e. The van der Waals surface area contributed by atoms with Gasteiger partial charge in [0.05, 0.1) is 24.2 Å². The van der Waals surface area contributed by atoms with Crippen LogP contribution in [0.5, 0.6) is 5.75 Å². The summed E-state index contributed by atoms with van der Waals surface area (Å²) in [6, 6.07) is 5.22. The molecule has 0 unspecified atom stereocenters. The minimum atomic E-state index is -4.75. The Kier molecular flexibility index (Phi) is 7.07. The Morgan fingerprint density at radius 1 is 0.968 bits per heavy atom. The van der Waals surface area contributed by atoms with Crippen molar-refractivity contribution < 1.29 is 27.5 Å². The molecule has 0 fully saturated rings. The molecule has 3 N–H and O–H groups in total.